The minimum Gasteiger partial charge on any atom is -0.356 e. The Balaban J connectivity index is 0.00000576. The first kappa shape index (κ1) is 24.5. The highest BCUT2D eigenvalue weighted by molar-refractivity contribution is 14.0. The molecule has 0 aliphatic carbocycles. The van der Waals surface area contributed by atoms with Gasteiger partial charge in [-0.2, -0.15) is 0 Å². The maximum absolute atomic E-state index is 11.6. The van der Waals surface area contributed by atoms with Crippen molar-refractivity contribution in [3.8, 4) is 0 Å². The average Bonchev–Trinajstić information content (AvgIpc) is 2.79. The molecule has 0 saturated heterocycles. The van der Waals surface area contributed by atoms with E-state index in [1.807, 2.05) is 42.7 Å². The van der Waals surface area contributed by atoms with E-state index in [0.717, 1.165) is 11.7 Å². The molecule has 1 heterocycles. The van der Waals surface area contributed by atoms with Gasteiger partial charge < -0.3 is 14.8 Å². The number of nitrogens with one attached hydrogen (secondary N) is 1. The maximum atomic E-state index is 11.6. The third kappa shape index (κ3) is 8.14. The molecular weight excluding hydrogens is 477 g/mol. The molecule has 0 aromatic carbocycles. The summed E-state index contributed by atoms with van der Waals surface area (Å²) in [7, 11) is 2.50. The molecule has 0 amide bonds. The standard InChI is InChI=1S/C15H28ClN5O2S.HI/c1-6-21(24(5,22)23)9-7-8-18-15(17-2)20(4)12-14-10-13(16)11-19(14)3;/h10-11H,6-9,12H2,1-5H3,(H,17,18);1H. The molecule has 10 heteroatoms. The van der Waals surface area contributed by atoms with Gasteiger partial charge in [-0.1, -0.05) is 18.5 Å². The Morgan fingerprint density at radius 2 is 2.08 bits per heavy atom. The van der Waals surface area contributed by atoms with Gasteiger partial charge in [0, 0.05) is 52.7 Å². The first-order valence-corrected chi connectivity index (χ1v) is 10.1. The Morgan fingerprint density at radius 1 is 1.44 bits per heavy atom. The molecule has 0 bridgehead atoms. The highest BCUT2D eigenvalue weighted by atomic mass is 127. The second kappa shape index (κ2) is 11.2. The van der Waals surface area contributed by atoms with Gasteiger partial charge >= 0.3 is 0 Å². The molecule has 0 aliphatic rings. The summed E-state index contributed by atoms with van der Waals surface area (Å²) in [6.07, 6.45) is 3.82. The van der Waals surface area contributed by atoms with Crippen molar-refractivity contribution in [2.75, 3.05) is 40.0 Å². The first-order chi connectivity index (χ1) is 11.2. The van der Waals surface area contributed by atoms with E-state index >= 15 is 0 Å². The molecular formula is C15H29ClIN5O2S. The fourth-order valence-electron chi connectivity index (χ4n) is 2.44. The minimum absolute atomic E-state index is 0. The van der Waals surface area contributed by atoms with E-state index in [-0.39, 0.29) is 24.0 Å². The molecule has 0 radical (unpaired) electrons. The van der Waals surface area contributed by atoms with Crippen molar-refractivity contribution in [3.63, 3.8) is 0 Å². The second-order valence-corrected chi connectivity index (χ2v) is 8.12. The molecule has 0 saturated carbocycles. The van der Waals surface area contributed by atoms with Crippen LogP contribution < -0.4 is 5.32 Å². The predicted octanol–water partition coefficient (Wildman–Crippen LogP) is 1.98. The van der Waals surface area contributed by atoms with Crippen LogP contribution in [0.15, 0.2) is 17.3 Å². The number of hydrogen-bond donors (Lipinski definition) is 1. The number of hydrogen-bond acceptors (Lipinski definition) is 3. The van der Waals surface area contributed by atoms with Crippen LogP contribution in [0, 0.1) is 0 Å². The van der Waals surface area contributed by atoms with Crippen molar-refractivity contribution < 1.29 is 8.42 Å². The highest BCUT2D eigenvalue weighted by Gasteiger charge is 2.14. The fourth-order valence-corrected chi connectivity index (χ4v) is 3.64. The van der Waals surface area contributed by atoms with E-state index in [4.69, 9.17) is 11.6 Å². The lowest BCUT2D eigenvalue weighted by Crippen LogP contribution is -2.40. The molecule has 7 nitrogen and oxygen atoms in total. The lowest BCUT2D eigenvalue weighted by Gasteiger charge is -2.23. The number of nitrogens with zero attached hydrogens (tertiary/aromatic N) is 4. The zero-order valence-corrected chi connectivity index (χ0v) is 19.4. The SMILES string of the molecule is CCN(CCCNC(=NC)N(C)Cc1cc(Cl)cn1C)S(C)(=O)=O.I. The third-order valence-electron chi connectivity index (χ3n) is 3.74. The second-order valence-electron chi connectivity index (χ2n) is 5.70. The summed E-state index contributed by atoms with van der Waals surface area (Å²) in [5, 5.41) is 3.97. The van der Waals surface area contributed by atoms with Gasteiger partial charge in [-0.05, 0) is 12.5 Å². The van der Waals surface area contributed by atoms with Crippen molar-refractivity contribution in [2.24, 2.45) is 12.0 Å². The van der Waals surface area contributed by atoms with Gasteiger partial charge in [-0.3, -0.25) is 4.99 Å². The van der Waals surface area contributed by atoms with Crippen LogP contribution in [0.4, 0.5) is 0 Å². The largest absolute Gasteiger partial charge is 0.356 e. The summed E-state index contributed by atoms with van der Waals surface area (Å²) in [5.74, 6) is 0.759. The highest BCUT2D eigenvalue weighted by Crippen LogP contribution is 2.14. The molecule has 25 heavy (non-hydrogen) atoms. The molecule has 1 N–H and O–H groups in total. The lowest BCUT2D eigenvalue weighted by molar-refractivity contribution is 0.418. The predicted molar refractivity (Wildman–Crippen MR) is 115 cm³/mol. The summed E-state index contributed by atoms with van der Waals surface area (Å²) in [6.45, 7) is 4.15. The van der Waals surface area contributed by atoms with Gasteiger partial charge in [-0.15, -0.1) is 24.0 Å². The number of aliphatic imine (C=N–C) groups is 1. The third-order valence-corrected chi connectivity index (χ3v) is 5.32. The number of rotatable bonds is 8. The van der Waals surface area contributed by atoms with Crippen LogP contribution in [0.2, 0.25) is 5.02 Å². The number of sulfonamides is 1. The van der Waals surface area contributed by atoms with Crippen molar-refractivity contribution >= 4 is 51.6 Å². The molecule has 1 aromatic rings. The van der Waals surface area contributed by atoms with Gasteiger partial charge in [0.05, 0.1) is 17.8 Å². The Kier molecular flexibility index (Phi) is 11.0. The monoisotopic (exact) mass is 505 g/mol. The maximum Gasteiger partial charge on any atom is 0.211 e. The zero-order valence-electron chi connectivity index (χ0n) is 15.5. The van der Waals surface area contributed by atoms with E-state index in [1.165, 1.54) is 10.6 Å². The number of aromatic nitrogens is 1. The first-order valence-electron chi connectivity index (χ1n) is 7.86. The number of guanidine groups is 1. The van der Waals surface area contributed by atoms with E-state index < -0.39 is 10.0 Å². The normalized spacial score (nSPS) is 12.2. The molecule has 146 valence electrons. The van der Waals surface area contributed by atoms with Gasteiger partial charge in [-0.25, -0.2) is 12.7 Å². The van der Waals surface area contributed by atoms with E-state index in [9.17, 15) is 8.42 Å². The van der Waals surface area contributed by atoms with Crippen molar-refractivity contribution in [1.82, 2.24) is 19.1 Å². The average molecular weight is 506 g/mol. The molecule has 1 aromatic heterocycles. The van der Waals surface area contributed by atoms with Crippen LogP contribution in [0.1, 0.15) is 19.0 Å². The molecule has 0 spiro atoms. The molecule has 1 rings (SSSR count). The van der Waals surface area contributed by atoms with Crippen LogP contribution in [-0.4, -0.2) is 68.1 Å². The van der Waals surface area contributed by atoms with Crippen LogP contribution in [-0.2, 0) is 23.6 Å². The molecule has 0 fully saturated rings. The Bertz CT molecular complexity index is 663. The summed E-state index contributed by atoms with van der Waals surface area (Å²) < 4.78 is 26.6. The number of halogens is 2. The van der Waals surface area contributed by atoms with Crippen molar-refractivity contribution in [2.45, 2.75) is 19.9 Å². The van der Waals surface area contributed by atoms with Crippen LogP contribution >= 0.6 is 35.6 Å². The minimum atomic E-state index is -3.13. The summed E-state index contributed by atoms with van der Waals surface area (Å²) in [4.78, 5) is 6.26. The Hall–Kier alpha value is -0.520. The quantitative estimate of drug-likeness (QED) is 0.254. The van der Waals surface area contributed by atoms with Gasteiger partial charge in [0.2, 0.25) is 10.0 Å². The van der Waals surface area contributed by atoms with E-state index in [2.05, 4.69) is 10.3 Å². The van der Waals surface area contributed by atoms with Crippen molar-refractivity contribution in [1.29, 1.82) is 0 Å². The summed E-state index contributed by atoms with van der Waals surface area (Å²) >= 11 is 6.01. The van der Waals surface area contributed by atoms with Gasteiger partial charge in [0.25, 0.3) is 0 Å². The zero-order chi connectivity index (χ0) is 18.3. The van der Waals surface area contributed by atoms with Crippen LogP contribution in [0.25, 0.3) is 0 Å². The number of aryl methyl sites for hydroxylation is 1. The van der Waals surface area contributed by atoms with Crippen LogP contribution in [0.3, 0.4) is 0 Å². The van der Waals surface area contributed by atoms with Gasteiger partial charge in [0.15, 0.2) is 5.96 Å². The summed E-state index contributed by atoms with van der Waals surface area (Å²) in [6, 6.07) is 1.93. The molecule has 0 unspecified atom stereocenters. The Morgan fingerprint density at radius 3 is 2.52 bits per heavy atom. The van der Waals surface area contributed by atoms with Gasteiger partial charge in [0.1, 0.15) is 0 Å². The van der Waals surface area contributed by atoms with Crippen molar-refractivity contribution in [3.05, 3.63) is 23.0 Å². The smallest absolute Gasteiger partial charge is 0.211 e. The lowest BCUT2D eigenvalue weighted by atomic mass is 10.4. The van der Waals surface area contributed by atoms with E-state index in [0.29, 0.717) is 37.6 Å². The summed E-state index contributed by atoms with van der Waals surface area (Å²) in [5.41, 5.74) is 1.08. The Labute approximate surface area is 173 Å². The molecule has 0 atom stereocenters. The molecule has 0 aliphatic heterocycles. The topological polar surface area (TPSA) is 69.9 Å². The van der Waals surface area contributed by atoms with E-state index in [1.54, 1.807) is 7.05 Å². The van der Waals surface area contributed by atoms with Crippen LogP contribution in [0.5, 0.6) is 0 Å². The fraction of sp³-hybridized carbons (Fsp3) is 0.667.